The van der Waals surface area contributed by atoms with Crippen LogP contribution >= 0.6 is 0 Å². The van der Waals surface area contributed by atoms with Crippen LogP contribution in [0.5, 0.6) is 5.75 Å². The Bertz CT molecular complexity index is 555. The summed E-state index contributed by atoms with van der Waals surface area (Å²) in [4.78, 5) is 15.8. The molecule has 18 heavy (non-hydrogen) atoms. The third-order valence-corrected chi connectivity index (χ3v) is 2.59. The zero-order valence-electron chi connectivity index (χ0n) is 9.89. The number of hydrogen-bond acceptors (Lipinski definition) is 3. The summed E-state index contributed by atoms with van der Waals surface area (Å²) in [7, 11) is 1.39. The second-order valence-electron chi connectivity index (χ2n) is 3.80. The molecule has 1 aromatic carbocycles. The van der Waals surface area contributed by atoms with Crippen molar-refractivity contribution in [3.63, 3.8) is 0 Å². The molecular weight excluding hydrogens is 233 g/mol. The van der Waals surface area contributed by atoms with E-state index in [1.165, 1.54) is 19.2 Å². The van der Waals surface area contributed by atoms with Gasteiger partial charge in [-0.2, -0.15) is 0 Å². The van der Waals surface area contributed by atoms with Crippen LogP contribution < -0.4 is 4.74 Å². The smallest absolute Gasteiger partial charge is 0.167 e. The average Bonchev–Trinajstić information content (AvgIpc) is 2.39. The van der Waals surface area contributed by atoms with E-state index in [2.05, 4.69) is 4.98 Å². The first kappa shape index (κ1) is 12.2. The van der Waals surface area contributed by atoms with Crippen LogP contribution in [0.1, 0.15) is 15.9 Å². The molecule has 0 N–H and O–H groups in total. The van der Waals surface area contributed by atoms with Crippen LogP contribution in [0.4, 0.5) is 4.39 Å². The molecule has 0 aliphatic carbocycles. The number of aromatic nitrogens is 1. The van der Waals surface area contributed by atoms with Gasteiger partial charge in [0.05, 0.1) is 7.11 Å². The molecule has 0 radical (unpaired) electrons. The van der Waals surface area contributed by atoms with Crippen molar-refractivity contribution in [2.24, 2.45) is 0 Å². The standard InChI is InChI=1S/C14H12FNO2/c1-18-14-3-2-11(9-12(14)15)13(17)8-10-4-6-16-7-5-10/h2-7,9H,8H2,1H3. The van der Waals surface area contributed by atoms with Crippen LogP contribution in [0.15, 0.2) is 42.7 Å². The van der Waals surface area contributed by atoms with Crippen molar-refractivity contribution in [1.29, 1.82) is 0 Å². The highest BCUT2D eigenvalue weighted by atomic mass is 19.1. The van der Waals surface area contributed by atoms with Crippen LogP contribution in [0.25, 0.3) is 0 Å². The lowest BCUT2D eigenvalue weighted by molar-refractivity contribution is 0.0992. The Morgan fingerprint density at radius 1 is 1.28 bits per heavy atom. The van der Waals surface area contributed by atoms with E-state index >= 15 is 0 Å². The maximum Gasteiger partial charge on any atom is 0.167 e. The number of hydrogen-bond donors (Lipinski definition) is 0. The summed E-state index contributed by atoms with van der Waals surface area (Å²) < 4.78 is 18.3. The zero-order valence-corrected chi connectivity index (χ0v) is 9.89. The molecule has 0 saturated heterocycles. The van der Waals surface area contributed by atoms with Gasteiger partial charge in [0.25, 0.3) is 0 Å². The van der Waals surface area contributed by atoms with Crippen molar-refractivity contribution < 1.29 is 13.9 Å². The lowest BCUT2D eigenvalue weighted by Gasteiger charge is -2.04. The molecule has 2 rings (SSSR count). The summed E-state index contributed by atoms with van der Waals surface area (Å²) in [6.45, 7) is 0. The number of Topliss-reactive ketones (excluding diaryl/α,β-unsaturated/α-hetero) is 1. The summed E-state index contributed by atoms with van der Waals surface area (Å²) >= 11 is 0. The fraction of sp³-hybridized carbons (Fsp3) is 0.143. The van der Waals surface area contributed by atoms with Crippen LogP contribution in [0.2, 0.25) is 0 Å². The number of carbonyl (C=O) groups is 1. The number of methoxy groups -OCH3 is 1. The first-order chi connectivity index (χ1) is 8.70. The summed E-state index contributed by atoms with van der Waals surface area (Å²) in [5.41, 5.74) is 1.19. The highest BCUT2D eigenvalue weighted by molar-refractivity contribution is 5.97. The summed E-state index contributed by atoms with van der Waals surface area (Å²) in [5.74, 6) is -0.531. The number of nitrogens with zero attached hydrogens (tertiary/aromatic N) is 1. The van der Waals surface area contributed by atoms with Crippen LogP contribution in [0.3, 0.4) is 0 Å². The number of carbonyl (C=O) groups excluding carboxylic acids is 1. The number of ether oxygens (including phenoxy) is 1. The van der Waals surface area contributed by atoms with Gasteiger partial charge in [0, 0.05) is 24.4 Å². The summed E-state index contributed by atoms with van der Waals surface area (Å²) in [6.07, 6.45) is 3.47. The molecule has 4 heteroatoms. The molecule has 3 nitrogen and oxygen atoms in total. The monoisotopic (exact) mass is 245 g/mol. The topological polar surface area (TPSA) is 39.2 Å². The Morgan fingerprint density at radius 2 is 2.00 bits per heavy atom. The molecule has 1 aromatic heterocycles. The van der Waals surface area contributed by atoms with E-state index in [1.807, 2.05) is 0 Å². The Balaban J connectivity index is 2.17. The highest BCUT2D eigenvalue weighted by Crippen LogP contribution is 2.18. The summed E-state index contributed by atoms with van der Waals surface area (Å²) in [5, 5.41) is 0. The van der Waals surface area contributed by atoms with Gasteiger partial charge in [-0.25, -0.2) is 4.39 Å². The quantitative estimate of drug-likeness (QED) is 0.777. The minimum Gasteiger partial charge on any atom is -0.494 e. The van der Waals surface area contributed by atoms with Gasteiger partial charge < -0.3 is 4.74 Å². The van der Waals surface area contributed by atoms with Crippen LogP contribution in [-0.2, 0) is 6.42 Å². The van der Waals surface area contributed by atoms with Crippen molar-refractivity contribution in [2.45, 2.75) is 6.42 Å². The SMILES string of the molecule is COc1ccc(C(=O)Cc2ccncc2)cc1F. The molecule has 0 aliphatic rings. The largest absolute Gasteiger partial charge is 0.494 e. The third kappa shape index (κ3) is 2.71. The van der Waals surface area contributed by atoms with Crippen molar-refractivity contribution in [3.8, 4) is 5.75 Å². The molecule has 0 atom stereocenters. The Hall–Kier alpha value is -2.23. The predicted molar refractivity (Wildman–Crippen MR) is 65.2 cm³/mol. The fourth-order valence-electron chi connectivity index (χ4n) is 1.63. The second kappa shape index (κ2) is 5.40. The number of rotatable bonds is 4. The number of halogens is 1. The maximum atomic E-state index is 13.5. The van der Waals surface area contributed by atoms with E-state index in [0.717, 1.165) is 5.56 Å². The molecule has 0 aliphatic heterocycles. The number of ketones is 1. The summed E-state index contributed by atoms with van der Waals surface area (Å²) in [6, 6.07) is 7.73. The number of pyridine rings is 1. The second-order valence-corrected chi connectivity index (χ2v) is 3.80. The van der Waals surface area contributed by atoms with Crippen molar-refractivity contribution in [2.75, 3.05) is 7.11 Å². The minimum absolute atomic E-state index is 0.135. The lowest BCUT2D eigenvalue weighted by atomic mass is 10.0. The predicted octanol–water partition coefficient (Wildman–Crippen LogP) is 2.65. The number of benzene rings is 1. The molecular formula is C14H12FNO2. The van der Waals surface area contributed by atoms with Crippen LogP contribution in [-0.4, -0.2) is 17.9 Å². The Morgan fingerprint density at radius 3 is 2.61 bits per heavy atom. The van der Waals surface area contributed by atoms with Crippen molar-refractivity contribution in [1.82, 2.24) is 4.98 Å². The van der Waals surface area contributed by atoms with Gasteiger partial charge in [-0.05, 0) is 35.9 Å². The maximum absolute atomic E-state index is 13.5. The third-order valence-electron chi connectivity index (χ3n) is 2.59. The van der Waals surface area contributed by atoms with E-state index in [4.69, 9.17) is 4.74 Å². The molecule has 1 heterocycles. The molecule has 0 unspecified atom stereocenters. The van der Waals surface area contributed by atoms with Crippen LogP contribution in [0, 0.1) is 5.82 Å². The van der Waals surface area contributed by atoms with Gasteiger partial charge in [-0.3, -0.25) is 9.78 Å². The molecule has 0 amide bonds. The first-order valence-corrected chi connectivity index (χ1v) is 5.46. The minimum atomic E-state index is -0.530. The van der Waals surface area contributed by atoms with E-state index < -0.39 is 5.82 Å². The molecule has 0 spiro atoms. The van der Waals surface area contributed by atoms with E-state index in [1.54, 1.807) is 30.6 Å². The molecule has 0 saturated carbocycles. The van der Waals surface area contributed by atoms with E-state index in [9.17, 15) is 9.18 Å². The van der Waals surface area contributed by atoms with Gasteiger partial charge in [0.15, 0.2) is 17.3 Å². The molecule has 92 valence electrons. The van der Waals surface area contributed by atoms with Crippen molar-refractivity contribution in [3.05, 3.63) is 59.7 Å². The van der Waals surface area contributed by atoms with E-state index in [-0.39, 0.29) is 18.0 Å². The zero-order chi connectivity index (χ0) is 13.0. The Kier molecular flexibility index (Phi) is 3.67. The molecule has 0 bridgehead atoms. The van der Waals surface area contributed by atoms with Crippen molar-refractivity contribution >= 4 is 5.78 Å². The lowest BCUT2D eigenvalue weighted by Crippen LogP contribution is -2.04. The van der Waals surface area contributed by atoms with Gasteiger partial charge in [-0.1, -0.05) is 0 Å². The molecule has 2 aromatic rings. The average molecular weight is 245 g/mol. The van der Waals surface area contributed by atoms with Gasteiger partial charge in [0.1, 0.15) is 0 Å². The highest BCUT2D eigenvalue weighted by Gasteiger charge is 2.10. The van der Waals surface area contributed by atoms with Gasteiger partial charge >= 0.3 is 0 Å². The normalized spacial score (nSPS) is 10.1. The first-order valence-electron chi connectivity index (χ1n) is 5.46. The van der Waals surface area contributed by atoms with E-state index in [0.29, 0.717) is 5.56 Å². The van der Waals surface area contributed by atoms with Gasteiger partial charge in [0.2, 0.25) is 0 Å². The fourth-order valence-corrected chi connectivity index (χ4v) is 1.63. The van der Waals surface area contributed by atoms with Gasteiger partial charge in [-0.15, -0.1) is 0 Å². The molecule has 0 fully saturated rings. The Labute approximate surface area is 104 Å².